The smallest absolute Gasteiger partial charge is 0.155 e. The SMILES string of the molecule is CC1(C)N=C(c2cccc(-c3c4ccccc4c(-c4cccc5ccccc45)c4ccccc34)n2)N(c2ccccc2)C1(C)C. The van der Waals surface area contributed by atoms with Crippen molar-refractivity contribution in [1.82, 2.24) is 4.98 Å². The van der Waals surface area contributed by atoms with Gasteiger partial charge in [-0.2, -0.15) is 0 Å². The molecule has 0 spiro atoms. The van der Waals surface area contributed by atoms with E-state index in [0.717, 1.165) is 28.5 Å². The first-order valence-electron chi connectivity index (χ1n) is 15.7. The minimum absolute atomic E-state index is 0.249. The van der Waals surface area contributed by atoms with Crippen LogP contribution in [0.15, 0.2) is 145 Å². The third kappa shape index (κ3) is 4.18. The Morgan fingerprint density at radius 1 is 0.467 bits per heavy atom. The molecule has 0 atom stereocenters. The highest BCUT2D eigenvalue weighted by Gasteiger charge is 2.50. The molecule has 218 valence electrons. The van der Waals surface area contributed by atoms with Gasteiger partial charge in [0.25, 0.3) is 0 Å². The topological polar surface area (TPSA) is 28.5 Å². The van der Waals surface area contributed by atoms with Gasteiger partial charge in [0, 0.05) is 11.3 Å². The van der Waals surface area contributed by atoms with Crippen molar-refractivity contribution in [1.29, 1.82) is 0 Å². The molecule has 45 heavy (non-hydrogen) atoms. The molecule has 0 unspecified atom stereocenters. The molecule has 1 aliphatic heterocycles. The summed E-state index contributed by atoms with van der Waals surface area (Å²) in [6.07, 6.45) is 0. The molecule has 8 rings (SSSR count). The Hall–Kier alpha value is -5.28. The molecule has 0 saturated heterocycles. The summed E-state index contributed by atoms with van der Waals surface area (Å²) in [5, 5.41) is 7.33. The van der Waals surface area contributed by atoms with Crippen LogP contribution in [0.25, 0.3) is 54.7 Å². The Bertz CT molecular complexity index is 2220. The van der Waals surface area contributed by atoms with E-state index in [9.17, 15) is 0 Å². The maximum absolute atomic E-state index is 5.41. The number of anilines is 1. The molecule has 1 aliphatic rings. The van der Waals surface area contributed by atoms with Gasteiger partial charge in [-0.05, 0) is 95.4 Å². The molecule has 0 amide bonds. The third-order valence-electron chi connectivity index (χ3n) is 9.89. The van der Waals surface area contributed by atoms with Gasteiger partial charge in [-0.1, -0.05) is 115 Å². The Balaban J connectivity index is 1.39. The van der Waals surface area contributed by atoms with Crippen LogP contribution in [0.3, 0.4) is 0 Å². The van der Waals surface area contributed by atoms with Crippen molar-refractivity contribution in [3.63, 3.8) is 0 Å². The molecule has 0 aliphatic carbocycles. The monoisotopic (exact) mass is 581 g/mol. The fraction of sp³-hybridized carbons (Fsp3) is 0.143. The van der Waals surface area contributed by atoms with Gasteiger partial charge in [-0.25, -0.2) is 4.98 Å². The Labute approximate surface area is 264 Å². The van der Waals surface area contributed by atoms with Crippen LogP contribution < -0.4 is 4.90 Å². The molecule has 3 heteroatoms. The molecule has 2 heterocycles. The van der Waals surface area contributed by atoms with Gasteiger partial charge < -0.3 is 4.90 Å². The van der Waals surface area contributed by atoms with E-state index in [-0.39, 0.29) is 11.1 Å². The summed E-state index contributed by atoms with van der Waals surface area (Å²) in [4.78, 5) is 13.1. The van der Waals surface area contributed by atoms with Crippen molar-refractivity contribution in [2.75, 3.05) is 4.90 Å². The fourth-order valence-corrected chi connectivity index (χ4v) is 7.02. The summed E-state index contributed by atoms with van der Waals surface area (Å²) in [6, 6.07) is 49.8. The molecule has 0 radical (unpaired) electrons. The van der Waals surface area contributed by atoms with Gasteiger partial charge in [0.05, 0.1) is 16.8 Å². The summed E-state index contributed by atoms with van der Waals surface area (Å²) in [6.45, 7) is 8.97. The van der Waals surface area contributed by atoms with Gasteiger partial charge in [-0.3, -0.25) is 4.99 Å². The molecule has 0 saturated carbocycles. The number of rotatable bonds is 4. The number of benzene rings is 6. The molecule has 7 aromatic rings. The van der Waals surface area contributed by atoms with Crippen LogP contribution in [-0.4, -0.2) is 21.9 Å². The number of fused-ring (bicyclic) bond motifs is 3. The van der Waals surface area contributed by atoms with Crippen molar-refractivity contribution < 1.29 is 0 Å². The predicted molar refractivity (Wildman–Crippen MR) is 191 cm³/mol. The summed E-state index contributed by atoms with van der Waals surface area (Å²) < 4.78 is 0. The van der Waals surface area contributed by atoms with E-state index in [4.69, 9.17) is 9.98 Å². The van der Waals surface area contributed by atoms with Gasteiger partial charge in [0.2, 0.25) is 0 Å². The molecular weight excluding hydrogens is 546 g/mol. The van der Waals surface area contributed by atoms with Crippen molar-refractivity contribution >= 4 is 43.8 Å². The Morgan fingerprint density at radius 2 is 0.978 bits per heavy atom. The number of nitrogens with zero attached hydrogens (tertiary/aromatic N) is 3. The number of aliphatic imine (C=N–C) groups is 1. The van der Waals surface area contributed by atoms with E-state index in [1.165, 1.54) is 43.4 Å². The minimum Gasteiger partial charge on any atom is -0.317 e. The zero-order valence-electron chi connectivity index (χ0n) is 26.1. The highest BCUT2D eigenvalue weighted by Crippen LogP contribution is 2.46. The van der Waals surface area contributed by atoms with E-state index >= 15 is 0 Å². The quantitative estimate of drug-likeness (QED) is 0.193. The fourth-order valence-electron chi connectivity index (χ4n) is 7.02. The summed E-state index contributed by atoms with van der Waals surface area (Å²) in [5.41, 5.74) is 6.04. The summed E-state index contributed by atoms with van der Waals surface area (Å²) >= 11 is 0. The number of hydrogen-bond donors (Lipinski definition) is 0. The number of aromatic nitrogens is 1. The van der Waals surface area contributed by atoms with E-state index in [0.29, 0.717) is 0 Å². The first-order valence-corrected chi connectivity index (χ1v) is 15.7. The van der Waals surface area contributed by atoms with Crippen LogP contribution in [0, 0.1) is 0 Å². The lowest BCUT2D eigenvalue weighted by Crippen LogP contribution is -2.53. The molecule has 0 bridgehead atoms. The Morgan fingerprint density at radius 3 is 1.64 bits per heavy atom. The van der Waals surface area contributed by atoms with Crippen LogP contribution in [0.5, 0.6) is 0 Å². The minimum atomic E-state index is -0.310. The average molecular weight is 582 g/mol. The molecule has 0 N–H and O–H groups in total. The summed E-state index contributed by atoms with van der Waals surface area (Å²) in [7, 11) is 0. The van der Waals surface area contributed by atoms with Crippen molar-refractivity contribution in [2.45, 2.75) is 38.8 Å². The van der Waals surface area contributed by atoms with Gasteiger partial charge in [0.1, 0.15) is 5.69 Å². The van der Waals surface area contributed by atoms with Gasteiger partial charge in [-0.15, -0.1) is 0 Å². The van der Waals surface area contributed by atoms with E-state index < -0.39 is 0 Å². The van der Waals surface area contributed by atoms with E-state index in [2.05, 4.69) is 172 Å². The van der Waals surface area contributed by atoms with E-state index in [1.807, 2.05) is 0 Å². The average Bonchev–Trinajstić information content (AvgIpc) is 3.26. The lowest BCUT2D eigenvalue weighted by atomic mass is 9.83. The Kier molecular flexibility index (Phi) is 6.15. The lowest BCUT2D eigenvalue weighted by Gasteiger charge is -2.41. The van der Waals surface area contributed by atoms with Crippen molar-refractivity contribution in [3.05, 3.63) is 145 Å². The van der Waals surface area contributed by atoms with Crippen LogP contribution >= 0.6 is 0 Å². The van der Waals surface area contributed by atoms with Crippen LogP contribution in [0.4, 0.5) is 5.69 Å². The zero-order valence-corrected chi connectivity index (χ0v) is 26.1. The van der Waals surface area contributed by atoms with Crippen molar-refractivity contribution in [2.24, 2.45) is 4.99 Å². The second kappa shape index (κ2) is 10.1. The number of amidine groups is 1. The molecule has 6 aromatic carbocycles. The highest BCUT2D eigenvalue weighted by atomic mass is 15.3. The summed E-state index contributed by atoms with van der Waals surface area (Å²) in [5.74, 6) is 0.902. The first-order chi connectivity index (χ1) is 21.8. The number of hydrogen-bond acceptors (Lipinski definition) is 3. The number of pyridine rings is 1. The first kappa shape index (κ1) is 27.3. The van der Waals surface area contributed by atoms with Gasteiger partial charge in [0.15, 0.2) is 5.84 Å². The maximum Gasteiger partial charge on any atom is 0.155 e. The normalized spacial score (nSPS) is 15.6. The molecule has 3 nitrogen and oxygen atoms in total. The van der Waals surface area contributed by atoms with Gasteiger partial charge >= 0.3 is 0 Å². The maximum atomic E-state index is 5.41. The molecular formula is C42H35N3. The molecule has 0 fully saturated rings. The second-order valence-electron chi connectivity index (χ2n) is 13.0. The largest absolute Gasteiger partial charge is 0.317 e. The van der Waals surface area contributed by atoms with Crippen LogP contribution in [0.1, 0.15) is 33.4 Å². The highest BCUT2D eigenvalue weighted by molar-refractivity contribution is 6.23. The molecule has 1 aromatic heterocycles. The van der Waals surface area contributed by atoms with Crippen LogP contribution in [0.2, 0.25) is 0 Å². The standard InChI is InChI=1S/C42H35N3/c1-41(2)42(3,4)45(29-18-6-5-7-19-29)40(44-41)37-27-15-26-36(43-37)39-34-23-12-10-21-32(34)38(33-22-11-13-24-35(33)39)31-25-14-17-28-16-8-9-20-30(28)31/h5-27H,1-4H3. The third-order valence-corrected chi connectivity index (χ3v) is 9.89. The lowest BCUT2D eigenvalue weighted by molar-refractivity contribution is 0.338. The van der Waals surface area contributed by atoms with Crippen molar-refractivity contribution in [3.8, 4) is 22.4 Å². The van der Waals surface area contributed by atoms with Crippen LogP contribution in [-0.2, 0) is 0 Å². The zero-order chi connectivity index (χ0) is 30.8. The van der Waals surface area contributed by atoms with E-state index in [1.54, 1.807) is 0 Å². The predicted octanol–water partition coefficient (Wildman–Crippen LogP) is 10.7. The second-order valence-corrected chi connectivity index (χ2v) is 13.0. The number of para-hydroxylation sites is 1.